The largest absolute Gasteiger partial charge is 0.397 e. The molecule has 1 aliphatic rings. The molecule has 1 heterocycles. The van der Waals surface area contributed by atoms with E-state index in [9.17, 15) is 8.42 Å². The summed E-state index contributed by atoms with van der Waals surface area (Å²) in [4.78, 5) is 0.243. The van der Waals surface area contributed by atoms with Crippen molar-refractivity contribution >= 4 is 15.7 Å². The maximum Gasteiger partial charge on any atom is 0.245 e. The quantitative estimate of drug-likeness (QED) is 0.828. The molecule has 0 saturated carbocycles. The van der Waals surface area contributed by atoms with Gasteiger partial charge in [-0.2, -0.15) is 4.31 Å². The van der Waals surface area contributed by atoms with Crippen LogP contribution in [0.15, 0.2) is 17.0 Å². The number of nitrogens with two attached hydrogens (primary N) is 1. The molecule has 1 fully saturated rings. The van der Waals surface area contributed by atoms with E-state index in [0.717, 1.165) is 18.4 Å². The summed E-state index contributed by atoms with van der Waals surface area (Å²) in [5.41, 5.74) is 7.83. The van der Waals surface area contributed by atoms with E-state index < -0.39 is 10.0 Å². The highest BCUT2D eigenvalue weighted by Gasteiger charge is 2.32. The van der Waals surface area contributed by atoms with E-state index in [1.165, 1.54) is 4.31 Å². The number of benzene rings is 1. The molecule has 0 aliphatic carbocycles. The predicted molar refractivity (Wildman–Crippen MR) is 83.5 cm³/mol. The standard InChI is InChI=1S/C15H24N2O3S/c1-11-5-6-12(2)15(14(11)16)21(19,20)17-8-3-4-13(10-17)7-9-18/h5-6,13,18H,3-4,7-10,16H2,1-2H3. The van der Waals surface area contributed by atoms with Gasteiger partial charge >= 0.3 is 0 Å². The molecule has 1 aromatic carbocycles. The molecule has 0 amide bonds. The van der Waals surface area contributed by atoms with Crippen LogP contribution in [0.25, 0.3) is 0 Å². The van der Waals surface area contributed by atoms with Gasteiger partial charge in [0.25, 0.3) is 0 Å². The van der Waals surface area contributed by atoms with Crippen LogP contribution in [-0.4, -0.2) is 37.5 Å². The van der Waals surface area contributed by atoms with E-state index in [0.29, 0.717) is 30.8 Å². The minimum Gasteiger partial charge on any atom is -0.397 e. The van der Waals surface area contributed by atoms with E-state index in [2.05, 4.69) is 0 Å². The molecule has 1 unspecified atom stereocenters. The molecule has 0 aromatic heterocycles. The van der Waals surface area contributed by atoms with Crippen molar-refractivity contribution in [3.05, 3.63) is 23.3 Å². The second-order valence-electron chi connectivity index (χ2n) is 5.83. The van der Waals surface area contributed by atoms with Crippen molar-refractivity contribution in [3.63, 3.8) is 0 Å². The van der Waals surface area contributed by atoms with Crippen LogP contribution in [0.1, 0.15) is 30.4 Å². The third kappa shape index (κ3) is 3.22. The van der Waals surface area contributed by atoms with Crippen molar-refractivity contribution < 1.29 is 13.5 Å². The van der Waals surface area contributed by atoms with Crippen LogP contribution in [0, 0.1) is 19.8 Å². The lowest BCUT2D eigenvalue weighted by molar-refractivity contribution is 0.203. The molecular weight excluding hydrogens is 288 g/mol. The monoisotopic (exact) mass is 312 g/mol. The lowest BCUT2D eigenvalue weighted by Gasteiger charge is -2.32. The molecule has 118 valence electrons. The number of hydrogen-bond acceptors (Lipinski definition) is 4. The summed E-state index contributed by atoms with van der Waals surface area (Å²) in [5, 5.41) is 9.06. The van der Waals surface area contributed by atoms with Crippen LogP contribution in [0.4, 0.5) is 5.69 Å². The van der Waals surface area contributed by atoms with Crippen LogP contribution in [-0.2, 0) is 10.0 Å². The number of rotatable bonds is 4. The van der Waals surface area contributed by atoms with Gasteiger partial charge in [0.2, 0.25) is 10.0 Å². The number of nitrogens with zero attached hydrogens (tertiary/aromatic N) is 1. The van der Waals surface area contributed by atoms with Crippen molar-refractivity contribution in [1.82, 2.24) is 4.31 Å². The summed E-state index contributed by atoms with van der Waals surface area (Å²) in [7, 11) is -3.57. The SMILES string of the molecule is Cc1ccc(C)c(S(=O)(=O)N2CCCC(CCO)C2)c1N. The van der Waals surface area contributed by atoms with Crippen molar-refractivity contribution in [2.24, 2.45) is 5.92 Å². The predicted octanol–water partition coefficient (Wildman–Crippen LogP) is 1.67. The zero-order valence-corrected chi connectivity index (χ0v) is 13.5. The number of anilines is 1. The molecule has 6 heteroatoms. The molecule has 1 atom stereocenters. The normalized spacial score (nSPS) is 20.6. The Morgan fingerprint density at radius 2 is 2.00 bits per heavy atom. The van der Waals surface area contributed by atoms with Gasteiger partial charge in [0.05, 0.1) is 5.69 Å². The first-order chi connectivity index (χ1) is 9.87. The molecule has 21 heavy (non-hydrogen) atoms. The van der Waals surface area contributed by atoms with Gasteiger partial charge in [-0.25, -0.2) is 8.42 Å². The summed E-state index contributed by atoms with van der Waals surface area (Å²) < 4.78 is 27.4. The second kappa shape index (κ2) is 6.34. The third-order valence-electron chi connectivity index (χ3n) is 4.23. The zero-order valence-electron chi connectivity index (χ0n) is 12.7. The summed E-state index contributed by atoms with van der Waals surface area (Å²) >= 11 is 0. The van der Waals surface area contributed by atoms with Crippen LogP contribution in [0.5, 0.6) is 0 Å². The van der Waals surface area contributed by atoms with Gasteiger partial charge in [0, 0.05) is 19.7 Å². The number of aryl methyl sites for hydroxylation is 2. The van der Waals surface area contributed by atoms with E-state index in [1.807, 2.05) is 13.0 Å². The van der Waals surface area contributed by atoms with Gasteiger partial charge in [0.1, 0.15) is 4.90 Å². The minimum absolute atomic E-state index is 0.101. The van der Waals surface area contributed by atoms with E-state index in [1.54, 1.807) is 13.0 Å². The highest BCUT2D eigenvalue weighted by molar-refractivity contribution is 7.89. The minimum atomic E-state index is -3.57. The Balaban J connectivity index is 2.36. The molecule has 0 spiro atoms. The van der Waals surface area contributed by atoms with Gasteiger partial charge in [0.15, 0.2) is 0 Å². The third-order valence-corrected chi connectivity index (χ3v) is 6.30. The van der Waals surface area contributed by atoms with Crippen LogP contribution < -0.4 is 5.73 Å². The molecular formula is C15H24N2O3S. The number of hydrogen-bond donors (Lipinski definition) is 2. The van der Waals surface area contributed by atoms with Gasteiger partial charge in [-0.1, -0.05) is 12.1 Å². The summed E-state index contributed by atoms with van der Waals surface area (Å²) in [6.07, 6.45) is 2.44. The zero-order chi connectivity index (χ0) is 15.6. The van der Waals surface area contributed by atoms with Crippen molar-refractivity contribution in [1.29, 1.82) is 0 Å². The van der Waals surface area contributed by atoms with Gasteiger partial charge in [-0.3, -0.25) is 0 Å². The average molecular weight is 312 g/mol. The molecule has 2 rings (SSSR count). The highest BCUT2D eigenvalue weighted by atomic mass is 32.2. The van der Waals surface area contributed by atoms with Gasteiger partial charge in [-0.05, 0) is 50.2 Å². The fourth-order valence-corrected chi connectivity index (χ4v) is 4.89. The number of aliphatic hydroxyl groups excluding tert-OH is 1. The molecule has 1 aromatic rings. The van der Waals surface area contributed by atoms with E-state index in [4.69, 9.17) is 10.8 Å². The number of nitrogen functional groups attached to an aromatic ring is 1. The first-order valence-electron chi connectivity index (χ1n) is 7.34. The fourth-order valence-electron chi connectivity index (χ4n) is 2.94. The summed E-state index contributed by atoms with van der Waals surface area (Å²) in [5.74, 6) is 0.227. The Kier molecular flexibility index (Phi) is 4.91. The Hall–Kier alpha value is -1.11. The summed E-state index contributed by atoms with van der Waals surface area (Å²) in [6, 6.07) is 3.64. The number of aliphatic hydroxyl groups is 1. The van der Waals surface area contributed by atoms with Crippen molar-refractivity contribution in [2.45, 2.75) is 38.0 Å². The average Bonchev–Trinajstić information content (AvgIpc) is 2.44. The topological polar surface area (TPSA) is 83.6 Å². The molecule has 5 nitrogen and oxygen atoms in total. The van der Waals surface area contributed by atoms with Crippen LogP contribution in [0.3, 0.4) is 0 Å². The molecule has 0 bridgehead atoms. The van der Waals surface area contributed by atoms with Crippen molar-refractivity contribution in [2.75, 3.05) is 25.4 Å². The smallest absolute Gasteiger partial charge is 0.245 e. The molecule has 3 N–H and O–H groups in total. The van der Waals surface area contributed by atoms with E-state index in [-0.39, 0.29) is 17.4 Å². The van der Waals surface area contributed by atoms with Crippen LogP contribution in [0.2, 0.25) is 0 Å². The Morgan fingerprint density at radius 3 is 2.67 bits per heavy atom. The lowest BCUT2D eigenvalue weighted by Crippen LogP contribution is -2.40. The lowest BCUT2D eigenvalue weighted by atomic mass is 9.97. The Labute approximate surface area is 126 Å². The van der Waals surface area contributed by atoms with Gasteiger partial charge in [-0.15, -0.1) is 0 Å². The number of piperidine rings is 1. The maximum atomic E-state index is 12.9. The van der Waals surface area contributed by atoms with Crippen LogP contribution >= 0.6 is 0 Å². The number of sulfonamides is 1. The first-order valence-corrected chi connectivity index (χ1v) is 8.78. The Morgan fingerprint density at radius 1 is 1.33 bits per heavy atom. The maximum absolute atomic E-state index is 12.9. The first kappa shape index (κ1) is 16.3. The van der Waals surface area contributed by atoms with E-state index >= 15 is 0 Å². The Bertz CT molecular complexity index is 612. The molecule has 1 aliphatic heterocycles. The second-order valence-corrected chi connectivity index (χ2v) is 7.70. The van der Waals surface area contributed by atoms with Gasteiger partial charge < -0.3 is 10.8 Å². The molecule has 0 radical (unpaired) electrons. The van der Waals surface area contributed by atoms with Crippen molar-refractivity contribution in [3.8, 4) is 0 Å². The molecule has 1 saturated heterocycles. The fraction of sp³-hybridized carbons (Fsp3) is 0.600. The summed E-state index contributed by atoms with van der Waals surface area (Å²) in [6.45, 7) is 4.69. The highest BCUT2D eigenvalue weighted by Crippen LogP contribution is 2.31.